The van der Waals surface area contributed by atoms with Gasteiger partial charge >= 0.3 is 0 Å². The maximum Gasteiger partial charge on any atom is 0.259 e. The summed E-state index contributed by atoms with van der Waals surface area (Å²) in [5, 5.41) is 5.12. The number of amides is 1. The van der Waals surface area contributed by atoms with Crippen molar-refractivity contribution in [3.63, 3.8) is 0 Å². The molecule has 0 aliphatic carbocycles. The van der Waals surface area contributed by atoms with E-state index in [-0.39, 0.29) is 10.8 Å². The molecule has 6 nitrogen and oxygen atoms in total. The quantitative estimate of drug-likeness (QED) is 0.893. The van der Waals surface area contributed by atoms with Crippen LogP contribution in [0.5, 0.6) is 0 Å². The number of carbonyl (C=O) groups excluding carboxylic acids is 1. The number of primary sulfonamides is 1. The van der Waals surface area contributed by atoms with Crippen LogP contribution in [0.2, 0.25) is 0 Å². The Bertz CT molecular complexity index is 803. The lowest BCUT2D eigenvalue weighted by molar-refractivity contribution is 0.0989. The Kier molecular flexibility index (Phi) is 3.23. The molecule has 1 aliphatic heterocycles. The minimum absolute atomic E-state index is 0.0666. The number of anilines is 1. The second-order valence-corrected chi connectivity index (χ2v) is 6.35. The average molecular weight is 303 g/mol. The first-order valence-electron chi connectivity index (χ1n) is 6.34. The van der Waals surface area contributed by atoms with Crippen LogP contribution in [0, 0.1) is 0 Å². The van der Waals surface area contributed by atoms with Crippen LogP contribution in [0.4, 0.5) is 5.69 Å². The van der Waals surface area contributed by atoms with Crippen LogP contribution in [-0.2, 0) is 16.4 Å². The molecular weight excluding hydrogens is 290 g/mol. The van der Waals surface area contributed by atoms with E-state index in [2.05, 4.69) is 4.98 Å². The van der Waals surface area contributed by atoms with Gasteiger partial charge in [-0.15, -0.1) is 0 Å². The Labute approximate surface area is 122 Å². The highest BCUT2D eigenvalue weighted by Crippen LogP contribution is 2.30. The number of aromatic nitrogens is 1. The van der Waals surface area contributed by atoms with Crippen LogP contribution in [0.3, 0.4) is 0 Å². The van der Waals surface area contributed by atoms with E-state index >= 15 is 0 Å². The van der Waals surface area contributed by atoms with Gasteiger partial charge in [0, 0.05) is 24.6 Å². The zero-order valence-electron chi connectivity index (χ0n) is 11.1. The zero-order valence-corrected chi connectivity index (χ0v) is 11.9. The van der Waals surface area contributed by atoms with E-state index < -0.39 is 10.0 Å². The van der Waals surface area contributed by atoms with Crippen LogP contribution in [-0.4, -0.2) is 25.9 Å². The predicted octanol–water partition coefficient (Wildman–Crippen LogP) is 0.932. The van der Waals surface area contributed by atoms with Crippen molar-refractivity contribution in [2.45, 2.75) is 11.3 Å². The summed E-state index contributed by atoms with van der Waals surface area (Å²) in [6.45, 7) is 0.511. The van der Waals surface area contributed by atoms with Crippen molar-refractivity contribution in [3.8, 4) is 0 Å². The Balaban J connectivity index is 1.97. The van der Waals surface area contributed by atoms with Gasteiger partial charge in [0.2, 0.25) is 10.0 Å². The third-order valence-electron chi connectivity index (χ3n) is 3.43. The molecule has 21 heavy (non-hydrogen) atoms. The van der Waals surface area contributed by atoms with Crippen LogP contribution in [0.15, 0.2) is 47.6 Å². The molecule has 0 fully saturated rings. The number of fused-ring (bicyclic) bond motifs is 1. The number of rotatable bonds is 2. The van der Waals surface area contributed by atoms with E-state index in [1.54, 1.807) is 29.3 Å². The Morgan fingerprint density at radius 2 is 2.10 bits per heavy atom. The van der Waals surface area contributed by atoms with Crippen molar-refractivity contribution < 1.29 is 13.2 Å². The summed E-state index contributed by atoms with van der Waals surface area (Å²) in [6, 6.07) is 7.97. The van der Waals surface area contributed by atoms with Gasteiger partial charge in [0.1, 0.15) is 0 Å². The molecule has 1 aromatic heterocycles. The highest BCUT2D eigenvalue weighted by Gasteiger charge is 2.26. The summed E-state index contributed by atoms with van der Waals surface area (Å²) in [6.07, 6.45) is 3.72. The van der Waals surface area contributed by atoms with Crippen molar-refractivity contribution >= 4 is 21.6 Å². The molecule has 3 rings (SSSR count). The van der Waals surface area contributed by atoms with E-state index in [1.807, 2.05) is 0 Å². The predicted molar refractivity (Wildman–Crippen MR) is 77.4 cm³/mol. The number of carbonyl (C=O) groups is 1. The van der Waals surface area contributed by atoms with E-state index in [0.717, 1.165) is 11.3 Å². The largest absolute Gasteiger partial charge is 0.308 e. The molecule has 2 N–H and O–H groups in total. The minimum atomic E-state index is -3.73. The lowest BCUT2D eigenvalue weighted by Gasteiger charge is -2.17. The minimum Gasteiger partial charge on any atom is -0.308 e. The fourth-order valence-electron chi connectivity index (χ4n) is 2.41. The number of nitrogens with two attached hydrogens (primary N) is 1. The molecule has 0 spiro atoms. The Morgan fingerprint density at radius 1 is 1.29 bits per heavy atom. The number of benzene rings is 1. The summed E-state index contributed by atoms with van der Waals surface area (Å²) in [5.41, 5.74) is 2.02. The monoisotopic (exact) mass is 303 g/mol. The van der Waals surface area contributed by atoms with Gasteiger partial charge in [-0.25, -0.2) is 13.6 Å². The average Bonchev–Trinajstić information content (AvgIpc) is 2.89. The van der Waals surface area contributed by atoms with Crippen LogP contribution in [0.1, 0.15) is 15.9 Å². The highest BCUT2D eigenvalue weighted by molar-refractivity contribution is 7.89. The van der Waals surface area contributed by atoms with Gasteiger partial charge in [0.25, 0.3) is 5.91 Å². The maximum absolute atomic E-state index is 12.4. The van der Waals surface area contributed by atoms with Crippen LogP contribution in [0.25, 0.3) is 0 Å². The molecule has 1 aromatic carbocycles. The molecule has 0 unspecified atom stereocenters. The number of nitrogens with zero attached hydrogens (tertiary/aromatic N) is 2. The van der Waals surface area contributed by atoms with Crippen LogP contribution < -0.4 is 10.0 Å². The van der Waals surface area contributed by atoms with Gasteiger partial charge < -0.3 is 4.90 Å². The summed E-state index contributed by atoms with van der Waals surface area (Å²) < 4.78 is 22.7. The SMILES string of the molecule is NS(=O)(=O)c1ccc2c(c1)CCN2C(=O)c1cccnc1. The van der Waals surface area contributed by atoms with Gasteiger partial charge in [-0.3, -0.25) is 9.78 Å². The van der Waals surface area contributed by atoms with Gasteiger partial charge in [-0.1, -0.05) is 0 Å². The third-order valence-corrected chi connectivity index (χ3v) is 4.34. The summed E-state index contributed by atoms with van der Waals surface area (Å²) in [5.74, 6) is -0.148. The normalized spacial score (nSPS) is 14.0. The van der Waals surface area contributed by atoms with Crippen LogP contribution >= 0.6 is 0 Å². The number of sulfonamides is 1. The van der Waals surface area contributed by atoms with Gasteiger partial charge in [-0.2, -0.15) is 0 Å². The first kappa shape index (κ1) is 13.7. The first-order valence-corrected chi connectivity index (χ1v) is 7.89. The molecule has 0 saturated heterocycles. The molecule has 7 heteroatoms. The van der Waals surface area contributed by atoms with Crippen molar-refractivity contribution in [2.75, 3.05) is 11.4 Å². The number of hydrogen-bond acceptors (Lipinski definition) is 4. The second kappa shape index (κ2) is 4.94. The summed E-state index contributed by atoms with van der Waals surface area (Å²) >= 11 is 0. The molecule has 1 amide bonds. The fourth-order valence-corrected chi connectivity index (χ4v) is 2.98. The van der Waals surface area contributed by atoms with Crippen molar-refractivity contribution in [1.29, 1.82) is 0 Å². The zero-order chi connectivity index (χ0) is 15.0. The van der Waals surface area contributed by atoms with E-state index in [9.17, 15) is 13.2 Å². The molecule has 108 valence electrons. The Morgan fingerprint density at radius 3 is 2.76 bits per heavy atom. The summed E-state index contributed by atoms with van der Waals surface area (Å²) in [4.78, 5) is 18.1. The molecule has 0 saturated carbocycles. The van der Waals surface area contributed by atoms with Gasteiger partial charge in [0.15, 0.2) is 0 Å². The smallest absolute Gasteiger partial charge is 0.259 e. The molecule has 2 heterocycles. The van der Waals surface area contributed by atoms with Crippen molar-refractivity contribution in [1.82, 2.24) is 4.98 Å². The lowest BCUT2D eigenvalue weighted by Crippen LogP contribution is -2.28. The lowest BCUT2D eigenvalue weighted by atomic mass is 10.2. The maximum atomic E-state index is 12.4. The van der Waals surface area contributed by atoms with E-state index in [0.29, 0.717) is 18.5 Å². The van der Waals surface area contributed by atoms with Gasteiger partial charge in [0.05, 0.1) is 10.5 Å². The van der Waals surface area contributed by atoms with Gasteiger partial charge in [-0.05, 0) is 42.3 Å². The molecule has 0 radical (unpaired) electrons. The van der Waals surface area contributed by atoms with Crippen molar-refractivity contribution in [2.24, 2.45) is 5.14 Å². The topological polar surface area (TPSA) is 93.4 Å². The molecule has 1 aliphatic rings. The molecule has 0 atom stereocenters. The highest BCUT2D eigenvalue weighted by atomic mass is 32.2. The number of hydrogen-bond donors (Lipinski definition) is 1. The molecule has 0 bridgehead atoms. The molecular formula is C14H13N3O3S. The third kappa shape index (κ3) is 2.53. The van der Waals surface area contributed by atoms with E-state index in [1.165, 1.54) is 18.3 Å². The first-order chi connectivity index (χ1) is 9.97. The second-order valence-electron chi connectivity index (χ2n) is 4.78. The van der Waals surface area contributed by atoms with Crippen molar-refractivity contribution in [3.05, 3.63) is 53.9 Å². The summed E-state index contributed by atoms with van der Waals surface area (Å²) in [7, 11) is -3.73. The van der Waals surface area contributed by atoms with E-state index in [4.69, 9.17) is 5.14 Å². The molecule has 2 aromatic rings. The Hall–Kier alpha value is -2.25. The standard InChI is InChI=1S/C14H13N3O3S/c15-21(19,20)12-3-4-13-10(8-12)5-7-17(13)14(18)11-2-1-6-16-9-11/h1-4,6,8-9H,5,7H2,(H2,15,19,20). The fraction of sp³-hybridized carbons (Fsp3) is 0.143. The number of pyridine rings is 1.